The van der Waals surface area contributed by atoms with Gasteiger partial charge < -0.3 is 5.73 Å². The Kier molecular flexibility index (Phi) is 4.99. The molecule has 2 atom stereocenters. The van der Waals surface area contributed by atoms with Gasteiger partial charge in [0.05, 0.1) is 17.4 Å². The summed E-state index contributed by atoms with van der Waals surface area (Å²) >= 11 is 0. The smallest absolute Gasteiger partial charge is 0.218 e. The summed E-state index contributed by atoms with van der Waals surface area (Å²) in [6.45, 7) is 2.93. The average molecular weight is 307 g/mol. The summed E-state index contributed by atoms with van der Waals surface area (Å²) in [5.41, 5.74) is 6.89. The first-order valence-corrected chi connectivity index (χ1v) is 8.77. The maximum atomic E-state index is 12.7. The summed E-state index contributed by atoms with van der Waals surface area (Å²) in [4.78, 5) is 0. The van der Waals surface area contributed by atoms with Gasteiger partial charge in [0.1, 0.15) is 0 Å². The second kappa shape index (κ2) is 6.56. The van der Waals surface area contributed by atoms with Gasteiger partial charge in [-0.1, -0.05) is 19.1 Å². The van der Waals surface area contributed by atoms with Crippen molar-refractivity contribution in [3.05, 3.63) is 35.4 Å². The Balaban J connectivity index is 2.22. The summed E-state index contributed by atoms with van der Waals surface area (Å²) in [5, 5.41) is 8.90. The summed E-state index contributed by atoms with van der Waals surface area (Å²) in [6.07, 6.45) is 1.88. The van der Waals surface area contributed by atoms with Crippen molar-refractivity contribution in [1.29, 1.82) is 5.26 Å². The van der Waals surface area contributed by atoms with E-state index < -0.39 is 10.0 Å². The Morgan fingerprint density at radius 2 is 2.24 bits per heavy atom. The molecule has 2 rings (SSSR count). The van der Waals surface area contributed by atoms with Gasteiger partial charge in [-0.15, -0.1) is 0 Å². The minimum atomic E-state index is -3.41. The third kappa shape index (κ3) is 3.62. The van der Waals surface area contributed by atoms with Crippen molar-refractivity contribution in [3.63, 3.8) is 0 Å². The van der Waals surface area contributed by atoms with Crippen LogP contribution in [0, 0.1) is 17.2 Å². The molecule has 1 aliphatic heterocycles. The fourth-order valence-corrected chi connectivity index (χ4v) is 4.81. The van der Waals surface area contributed by atoms with Gasteiger partial charge in [-0.3, -0.25) is 0 Å². The zero-order valence-electron chi connectivity index (χ0n) is 12.2. The van der Waals surface area contributed by atoms with Gasteiger partial charge in [0.25, 0.3) is 0 Å². The first-order chi connectivity index (χ1) is 9.97. The van der Waals surface area contributed by atoms with Crippen LogP contribution in [0.15, 0.2) is 24.3 Å². The molecule has 0 bridgehead atoms. The molecular formula is C15H21N3O2S. The van der Waals surface area contributed by atoms with Crippen LogP contribution in [0.3, 0.4) is 0 Å². The Hall–Kier alpha value is -1.42. The van der Waals surface area contributed by atoms with Crippen LogP contribution in [-0.4, -0.2) is 31.9 Å². The highest BCUT2D eigenvalue weighted by Crippen LogP contribution is 2.26. The Morgan fingerprint density at radius 1 is 1.48 bits per heavy atom. The van der Waals surface area contributed by atoms with Crippen molar-refractivity contribution in [1.82, 2.24) is 4.31 Å². The average Bonchev–Trinajstić information content (AvgIpc) is 2.46. The van der Waals surface area contributed by atoms with Gasteiger partial charge in [0, 0.05) is 19.1 Å². The molecular weight excluding hydrogens is 286 g/mol. The van der Waals surface area contributed by atoms with Gasteiger partial charge >= 0.3 is 0 Å². The van der Waals surface area contributed by atoms with E-state index in [1.807, 2.05) is 6.07 Å². The summed E-state index contributed by atoms with van der Waals surface area (Å²) in [7, 11) is -3.41. The molecule has 6 heteroatoms. The van der Waals surface area contributed by atoms with Gasteiger partial charge in [0.2, 0.25) is 10.0 Å². The number of sulfonamides is 1. The lowest BCUT2D eigenvalue weighted by atomic mass is 9.93. The van der Waals surface area contributed by atoms with Crippen LogP contribution >= 0.6 is 0 Å². The molecule has 1 aliphatic rings. The maximum absolute atomic E-state index is 12.7. The van der Waals surface area contributed by atoms with E-state index in [4.69, 9.17) is 11.0 Å². The van der Waals surface area contributed by atoms with Crippen LogP contribution in [0.2, 0.25) is 0 Å². The molecule has 1 saturated heterocycles. The third-order valence-corrected chi connectivity index (χ3v) is 5.93. The molecule has 114 valence electrons. The van der Waals surface area contributed by atoms with Crippen molar-refractivity contribution in [2.24, 2.45) is 11.7 Å². The van der Waals surface area contributed by atoms with Crippen LogP contribution in [0.5, 0.6) is 0 Å². The fourth-order valence-electron chi connectivity index (χ4n) is 2.93. The SMILES string of the molecule is C[C@@H]1CCCN(S(=O)(=O)Cc2cccc(C#N)c2)[C@@H]1CN. The third-order valence-electron chi connectivity index (χ3n) is 4.07. The van der Waals surface area contributed by atoms with Crippen molar-refractivity contribution in [2.45, 2.75) is 31.6 Å². The summed E-state index contributed by atoms with van der Waals surface area (Å²) in [5.74, 6) is 0.204. The predicted octanol–water partition coefficient (Wildman–Crippen LogP) is 1.45. The minimum absolute atomic E-state index is 0.0776. The molecule has 0 unspecified atom stereocenters. The van der Waals surface area contributed by atoms with Gasteiger partial charge in [-0.05, 0) is 36.5 Å². The van der Waals surface area contributed by atoms with Crippen LogP contribution in [0.4, 0.5) is 0 Å². The summed E-state index contributed by atoms with van der Waals surface area (Å²) < 4.78 is 26.9. The highest BCUT2D eigenvalue weighted by Gasteiger charge is 2.35. The topological polar surface area (TPSA) is 87.2 Å². The second-order valence-corrected chi connectivity index (χ2v) is 7.52. The van der Waals surface area contributed by atoms with Crippen LogP contribution in [0.25, 0.3) is 0 Å². The molecule has 21 heavy (non-hydrogen) atoms. The van der Waals surface area contributed by atoms with Crippen LogP contribution < -0.4 is 5.73 Å². The van der Waals surface area contributed by atoms with E-state index in [9.17, 15) is 8.42 Å². The number of piperidine rings is 1. The standard InChI is InChI=1S/C15H21N3O2S/c1-12-4-3-7-18(15(12)10-17)21(19,20)11-14-6-2-5-13(8-14)9-16/h2,5-6,8,12,15H,3-4,7,10-11,17H2,1H3/t12-,15-/m1/s1. The largest absolute Gasteiger partial charge is 0.329 e. The van der Waals surface area contributed by atoms with Gasteiger partial charge in [-0.25, -0.2) is 8.42 Å². The predicted molar refractivity (Wildman–Crippen MR) is 81.7 cm³/mol. The molecule has 0 aliphatic carbocycles. The van der Waals surface area contributed by atoms with E-state index in [0.29, 0.717) is 24.2 Å². The normalized spacial score (nSPS) is 23.7. The molecule has 0 saturated carbocycles. The molecule has 1 aromatic carbocycles. The Bertz CT molecular complexity index is 637. The fraction of sp³-hybridized carbons (Fsp3) is 0.533. The zero-order chi connectivity index (χ0) is 15.5. The number of hydrogen-bond acceptors (Lipinski definition) is 4. The van der Waals surface area contributed by atoms with Gasteiger partial charge in [-0.2, -0.15) is 9.57 Å². The number of nitriles is 1. The van der Waals surface area contributed by atoms with Crippen molar-refractivity contribution in [3.8, 4) is 6.07 Å². The maximum Gasteiger partial charge on any atom is 0.218 e. The molecule has 1 fully saturated rings. The van der Waals surface area contributed by atoms with Gasteiger partial charge in [0.15, 0.2) is 0 Å². The van der Waals surface area contributed by atoms with E-state index in [0.717, 1.165) is 12.8 Å². The van der Waals surface area contributed by atoms with E-state index in [-0.39, 0.29) is 17.7 Å². The molecule has 1 heterocycles. The number of hydrogen-bond donors (Lipinski definition) is 1. The highest BCUT2D eigenvalue weighted by molar-refractivity contribution is 7.88. The van der Waals surface area contributed by atoms with E-state index in [1.54, 1.807) is 28.6 Å². The Labute approximate surface area is 126 Å². The number of nitrogens with two attached hydrogens (primary N) is 1. The Morgan fingerprint density at radius 3 is 2.90 bits per heavy atom. The molecule has 1 aromatic rings. The lowest BCUT2D eigenvalue weighted by molar-refractivity contribution is 0.192. The second-order valence-electron chi connectivity index (χ2n) is 5.60. The van der Waals surface area contributed by atoms with Crippen molar-refractivity contribution >= 4 is 10.0 Å². The number of nitrogens with zero attached hydrogens (tertiary/aromatic N) is 2. The quantitative estimate of drug-likeness (QED) is 0.912. The lowest BCUT2D eigenvalue weighted by Gasteiger charge is -2.38. The highest BCUT2D eigenvalue weighted by atomic mass is 32.2. The molecule has 0 radical (unpaired) electrons. The minimum Gasteiger partial charge on any atom is -0.329 e. The van der Waals surface area contributed by atoms with Crippen molar-refractivity contribution in [2.75, 3.05) is 13.1 Å². The molecule has 5 nitrogen and oxygen atoms in total. The first-order valence-electron chi connectivity index (χ1n) is 7.16. The first kappa shape index (κ1) is 16.0. The van der Waals surface area contributed by atoms with E-state index >= 15 is 0 Å². The number of benzene rings is 1. The monoisotopic (exact) mass is 307 g/mol. The van der Waals surface area contributed by atoms with E-state index in [2.05, 4.69) is 6.92 Å². The molecule has 0 aromatic heterocycles. The van der Waals surface area contributed by atoms with Crippen molar-refractivity contribution < 1.29 is 8.42 Å². The zero-order valence-corrected chi connectivity index (χ0v) is 13.0. The summed E-state index contributed by atoms with van der Waals surface area (Å²) in [6, 6.07) is 8.65. The molecule has 0 amide bonds. The van der Waals surface area contributed by atoms with Crippen LogP contribution in [-0.2, 0) is 15.8 Å². The number of rotatable bonds is 4. The molecule has 2 N–H and O–H groups in total. The van der Waals surface area contributed by atoms with Crippen LogP contribution in [0.1, 0.15) is 30.9 Å². The lowest BCUT2D eigenvalue weighted by Crippen LogP contribution is -2.51. The van der Waals surface area contributed by atoms with E-state index in [1.165, 1.54) is 0 Å². The molecule has 0 spiro atoms.